The maximum atomic E-state index is 12.4. The molecule has 1 heterocycles. The highest BCUT2D eigenvalue weighted by molar-refractivity contribution is 8.18. The number of carbonyl (C=O) groups excluding carboxylic acids is 1. The van der Waals surface area contributed by atoms with E-state index in [2.05, 4.69) is 4.99 Å². The molecule has 0 saturated carbocycles. The number of hydrogen-bond acceptors (Lipinski definition) is 7. The summed E-state index contributed by atoms with van der Waals surface area (Å²) >= 11 is 7.24. The Bertz CT molecular complexity index is 1070. The molecule has 0 atom stereocenters. The van der Waals surface area contributed by atoms with E-state index in [0.717, 1.165) is 11.8 Å². The van der Waals surface area contributed by atoms with Gasteiger partial charge in [-0.1, -0.05) is 29.8 Å². The number of rotatable bonds is 5. The first-order valence-electron chi connectivity index (χ1n) is 7.45. The molecule has 1 aliphatic rings. The monoisotopic (exact) mass is 424 g/mol. The average Bonchev–Trinajstić information content (AvgIpc) is 2.94. The number of nitrogens with two attached hydrogens (primary N) is 1. The lowest BCUT2D eigenvalue weighted by molar-refractivity contribution is -0.113. The molecule has 0 fully saturated rings. The van der Waals surface area contributed by atoms with Crippen LogP contribution in [0.4, 0.5) is 0 Å². The molecule has 0 spiro atoms. The van der Waals surface area contributed by atoms with Crippen LogP contribution in [0.15, 0.2) is 57.3 Å². The van der Waals surface area contributed by atoms with Crippen LogP contribution in [-0.2, 0) is 14.9 Å². The number of benzene rings is 2. The molecule has 27 heavy (non-hydrogen) atoms. The Morgan fingerprint density at radius 3 is 2.52 bits per heavy atom. The van der Waals surface area contributed by atoms with Crippen LogP contribution in [0, 0.1) is 0 Å². The first kappa shape index (κ1) is 19.3. The molecule has 0 saturated heterocycles. The Morgan fingerprint density at radius 2 is 1.93 bits per heavy atom. The summed E-state index contributed by atoms with van der Waals surface area (Å²) in [5.41, 5.74) is 6.02. The van der Waals surface area contributed by atoms with Gasteiger partial charge in [-0.3, -0.25) is 4.79 Å². The van der Waals surface area contributed by atoms with Crippen molar-refractivity contribution in [3.63, 3.8) is 0 Å². The molecule has 0 aliphatic carbocycles. The molecule has 10 heteroatoms. The summed E-state index contributed by atoms with van der Waals surface area (Å²) in [6, 6.07) is 10.6. The van der Waals surface area contributed by atoms with E-state index in [4.69, 9.17) is 26.3 Å². The second-order valence-electron chi connectivity index (χ2n) is 5.25. The lowest BCUT2D eigenvalue weighted by atomic mass is 10.2. The highest BCUT2D eigenvalue weighted by Gasteiger charge is 2.23. The van der Waals surface area contributed by atoms with E-state index < -0.39 is 16.0 Å². The zero-order chi connectivity index (χ0) is 19.6. The molecule has 0 unspecified atom stereocenters. The summed E-state index contributed by atoms with van der Waals surface area (Å²) < 4.78 is 35.3. The maximum absolute atomic E-state index is 12.4. The second-order valence-corrected chi connectivity index (χ2v) is 8.27. The van der Waals surface area contributed by atoms with Gasteiger partial charge < -0.3 is 14.7 Å². The number of carbonyl (C=O) groups is 1. The summed E-state index contributed by atoms with van der Waals surface area (Å²) in [5.74, 6) is -0.510. The normalized spacial score (nSPS) is 15.7. The highest BCUT2D eigenvalue weighted by atomic mass is 35.5. The van der Waals surface area contributed by atoms with Crippen LogP contribution in [0.2, 0.25) is 5.02 Å². The molecule has 0 radical (unpaired) electrons. The summed E-state index contributed by atoms with van der Waals surface area (Å²) in [7, 11) is -2.74. The Labute approximate surface area is 165 Å². The van der Waals surface area contributed by atoms with Crippen LogP contribution < -0.4 is 14.7 Å². The smallest absolute Gasteiger partial charge is 0.339 e. The zero-order valence-corrected chi connectivity index (χ0v) is 16.3. The van der Waals surface area contributed by atoms with E-state index >= 15 is 0 Å². The van der Waals surface area contributed by atoms with E-state index in [1.165, 1.54) is 37.5 Å². The van der Waals surface area contributed by atoms with Crippen LogP contribution in [0.3, 0.4) is 0 Å². The number of halogens is 1. The van der Waals surface area contributed by atoms with E-state index in [0.29, 0.717) is 10.5 Å². The molecule has 2 N–H and O–H groups in total. The largest absolute Gasteiger partial charge is 0.493 e. The molecule has 140 valence electrons. The molecular weight excluding hydrogens is 412 g/mol. The summed E-state index contributed by atoms with van der Waals surface area (Å²) in [6.45, 7) is 0. The second kappa shape index (κ2) is 7.63. The van der Waals surface area contributed by atoms with Crippen LogP contribution in [0.5, 0.6) is 11.5 Å². The minimum Gasteiger partial charge on any atom is -0.493 e. The molecule has 1 amide bonds. The van der Waals surface area contributed by atoms with Gasteiger partial charge >= 0.3 is 10.1 Å². The predicted octanol–water partition coefficient (Wildman–Crippen LogP) is 3.05. The van der Waals surface area contributed by atoms with Gasteiger partial charge in [0.2, 0.25) is 5.75 Å². The number of ether oxygens (including phenoxy) is 1. The Balaban J connectivity index is 1.96. The van der Waals surface area contributed by atoms with Gasteiger partial charge in [0.25, 0.3) is 5.91 Å². The molecule has 0 aromatic heterocycles. The maximum Gasteiger partial charge on any atom is 0.339 e. The van der Waals surface area contributed by atoms with Gasteiger partial charge in [0, 0.05) is 0 Å². The van der Waals surface area contributed by atoms with Crippen molar-refractivity contribution in [2.45, 2.75) is 4.90 Å². The van der Waals surface area contributed by atoms with Crippen LogP contribution in [-0.4, -0.2) is 26.6 Å². The third-order valence-corrected chi connectivity index (χ3v) is 5.74. The molecule has 7 nitrogen and oxygen atoms in total. The number of hydrogen-bond donors (Lipinski definition) is 1. The zero-order valence-electron chi connectivity index (χ0n) is 13.9. The van der Waals surface area contributed by atoms with Crippen LogP contribution >= 0.6 is 23.4 Å². The minimum absolute atomic E-state index is 0.00467. The molecule has 2 aromatic carbocycles. The fraction of sp³-hybridized carbons (Fsp3) is 0.0588. The van der Waals surface area contributed by atoms with E-state index in [1.54, 1.807) is 18.2 Å². The van der Waals surface area contributed by atoms with E-state index in [1.807, 2.05) is 0 Å². The molecular formula is C17H13ClN2O5S2. The number of aliphatic imine (C=N–C) groups is 1. The number of methoxy groups -OCH3 is 1. The minimum atomic E-state index is -4.09. The highest BCUT2D eigenvalue weighted by Crippen LogP contribution is 2.39. The molecule has 0 bridgehead atoms. The van der Waals surface area contributed by atoms with Crippen molar-refractivity contribution in [2.75, 3.05) is 7.11 Å². The number of nitrogens with zero attached hydrogens (tertiary/aromatic N) is 1. The third-order valence-electron chi connectivity index (χ3n) is 3.41. The van der Waals surface area contributed by atoms with Gasteiger partial charge in [0.1, 0.15) is 4.90 Å². The standard InChI is InChI=1S/C17H13ClN2O5S2/c1-24-13-8-10(9-14-16(21)20-17(19)26-14)7-12(18)15(13)25-27(22,23)11-5-3-2-4-6-11/h2-9H,1H3,(H2,19,20,21). The lowest BCUT2D eigenvalue weighted by Crippen LogP contribution is -2.10. The summed E-state index contributed by atoms with van der Waals surface area (Å²) in [6.07, 6.45) is 1.53. The Kier molecular flexibility index (Phi) is 5.45. The molecule has 1 aliphatic heterocycles. The average molecular weight is 425 g/mol. The van der Waals surface area contributed by atoms with Gasteiger partial charge in [0.05, 0.1) is 17.0 Å². The van der Waals surface area contributed by atoms with Crippen LogP contribution in [0.1, 0.15) is 5.56 Å². The summed E-state index contributed by atoms with van der Waals surface area (Å²) in [5, 5.41) is 0.156. The quantitative estimate of drug-likeness (QED) is 0.580. The van der Waals surface area contributed by atoms with E-state index in [9.17, 15) is 13.2 Å². The van der Waals surface area contributed by atoms with Gasteiger partial charge in [-0.05, 0) is 47.7 Å². The molecule has 3 rings (SSSR count). The fourth-order valence-electron chi connectivity index (χ4n) is 2.23. The summed E-state index contributed by atoms with van der Waals surface area (Å²) in [4.78, 5) is 15.6. The van der Waals surface area contributed by atoms with Gasteiger partial charge in [-0.15, -0.1) is 0 Å². The number of amidine groups is 1. The lowest BCUT2D eigenvalue weighted by Gasteiger charge is -2.13. The van der Waals surface area contributed by atoms with Gasteiger partial charge in [-0.2, -0.15) is 13.4 Å². The van der Waals surface area contributed by atoms with Crippen molar-refractivity contribution in [1.82, 2.24) is 0 Å². The van der Waals surface area contributed by atoms with Crippen molar-refractivity contribution in [2.24, 2.45) is 10.7 Å². The number of thioether (sulfide) groups is 1. The first-order chi connectivity index (χ1) is 12.8. The SMILES string of the molecule is COc1cc(C=C2SC(N)=NC2=O)cc(Cl)c1OS(=O)(=O)c1ccccc1. The van der Waals surface area contributed by atoms with Crippen molar-refractivity contribution in [3.05, 3.63) is 58.0 Å². The third kappa shape index (κ3) is 4.26. The van der Waals surface area contributed by atoms with Gasteiger partial charge in [-0.25, -0.2) is 0 Å². The topological polar surface area (TPSA) is 108 Å². The Hall–Kier alpha value is -2.49. The predicted molar refractivity (Wildman–Crippen MR) is 104 cm³/mol. The van der Waals surface area contributed by atoms with Crippen LogP contribution in [0.25, 0.3) is 6.08 Å². The van der Waals surface area contributed by atoms with Crippen molar-refractivity contribution in [1.29, 1.82) is 0 Å². The first-order valence-corrected chi connectivity index (χ1v) is 10.1. The van der Waals surface area contributed by atoms with Gasteiger partial charge in [0.15, 0.2) is 10.9 Å². The Morgan fingerprint density at radius 1 is 1.22 bits per heavy atom. The molecule has 2 aromatic rings. The van der Waals surface area contributed by atoms with Crippen molar-refractivity contribution < 1.29 is 22.1 Å². The fourth-order valence-corrected chi connectivity index (χ4v) is 4.19. The van der Waals surface area contributed by atoms with Crippen molar-refractivity contribution >= 4 is 50.6 Å². The van der Waals surface area contributed by atoms with Crippen molar-refractivity contribution in [3.8, 4) is 11.5 Å². The number of amides is 1. The van der Waals surface area contributed by atoms with E-state index in [-0.39, 0.29) is 26.6 Å².